The van der Waals surface area contributed by atoms with Gasteiger partial charge in [0, 0.05) is 55.0 Å². The largest absolute Gasteiger partial charge is 0.309 e. The van der Waals surface area contributed by atoms with Crippen LogP contribution in [0, 0.1) is 20.8 Å². The van der Waals surface area contributed by atoms with Crippen LogP contribution < -0.4 is 0 Å². The van der Waals surface area contributed by atoms with Crippen LogP contribution in [0.1, 0.15) is 22.3 Å². The van der Waals surface area contributed by atoms with E-state index in [0.29, 0.717) is 5.82 Å². The second kappa shape index (κ2) is 17.8. The van der Waals surface area contributed by atoms with Crippen molar-refractivity contribution in [3.05, 3.63) is 260 Å². The number of benzene rings is 9. The van der Waals surface area contributed by atoms with E-state index in [2.05, 4.69) is 243 Å². The van der Waals surface area contributed by atoms with Gasteiger partial charge in [0.15, 0.2) is 5.82 Å². The van der Waals surface area contributed by atoms with Gasteiger partial charge >= 0.3 is 0 Å². The number of rotatable bonds is 10. The number of hydrogen-bond donors (Lipinski definition) is 0. The molecule has 0 N–H and O–H groups in total. The highest BCUT2D eigenvalue weighted by molar-refractivity contribution is 6.14. The predicted molar refractivity (Wildman–Crippen MR) is 300 cm³/mol. The maximum Gasteiger partial charge on any atom is 0.160 e. The molecule has 0 unspecified atom stereocenters. The summed E-state index contributed by atoms with van der Waals surface area (Å²) in [6.07, 6.45) is 5.84. The first kappa shape index (κ1) is 43.2. The molecule has 0 fully saturated rings. The Balaban J connectivity index is 1.21. The summed E-state index contributed by atoms with van der Waals surface area (Å²) in [5, 5.41) is 4.77. The molecule has 3 heterocycles. The van der Waals surface area contributed by atoms with E-state index in [1.807, 2.05) is 24.3 Å². The Morgan fingerprint density at radius 3 is 1.58 bits per heavy atom. The van der Waals surface area contributed by atoms with E-state index < -0.39 is 0 Å². The van der Waals surface area contributed by atoms with Gasteiger partial charge in [0.1, 0.15) is 0 Å². The summed E-state index contributed by atoms with van der Waals surface area (Å²) in [4.78, 5) is 10.7. The van der Waals surface area contributed by atoms with Gasteiger partial charge in [0.25, 0.3) is 0 Å². The summed E-state index contributed by atoms with van der Waals surface area (Å²) in [5.41, 5.74) is 21.5. The Morgan fingerprint density at radius 1 is 0.437 bits per heavy atom. The molecule has 3 aromatic heterocycles. The molecule has 4 heteroatoms. The van der Waals surface area contributed by atoms with Crippen molar-refractivity contribution in [3.8, 4) is 67.5 Å². The molecule has 4 nitrogen and oxygen atoms in total. The molecule has 0 aliphatic heterocycles. The molecule has 0 saturated heterocycles. The lowest BCUT2D eigenvalue weighted by Gasteiger charge is -2.22. The normalized spacial score (nSPS) is 11.8. The summed E-state index contributed by atoms with van der Waals surface area (Å²) in [5.74, 6) is 0.626. The Bertz CT molecular complexity index is 3960. The Morgan fingerprint density at radius 2 is 0.986 bits per heavy atom. The van der Waals surface area contributed by atoms with E-state index >= 15 is 0 Å². The van der Waals surface area contributed by atoms with Crippen LogP contribution >= 0.6 is 0 Å². The van der Waals surface area contributed by atoms with E-state index in [4.69, 9.17) is 9.97 Å². The third-order valence-corrected chi connectivity index (χ3v) is 13.9. The van der Waals surface area contributed by atoms with Crippen molar-refractivity contribution in [3.63, 3.8) is 0 Å². The highest BCUT2D eigenvalue weighted by Crippen LogP contribution is 2.45. The van der Waals surface area contributed by atoms with Crippen LogP contribution in [0.3, 0.4) is 0 Å². The number of fused-ring (bicyclic) bond motifs is 6. The summed E-state index contributed by atoms with van der Waals surface area (Å²) in [6, 6.07) is 74.1. The number of aromatic nitrogens is 4. The zero-order chi connectivity index (χ0) is 48.2. The molecule has 0 spiro atoms. The van der Waals surface area contributed by atoms with E-state index in [0.717, 1.165) is 89.2 Å². The molecule has 0 atom stereocenters. The van der Waals surface area contributed by atoms with Crippen LogP contribution in [-0.4, -0.2) is 19.1 Å². The number of aryl methyl sites for hydroxylation is 3. The van der Waals surface area contributed by atoms with Crippen LogP contribution in [0.2, 0.25) is 0 Å². The molecule has 0 aliphatic carbocycles. The van der Waals surface area contributed by atoms with Gasteiger partial charge in [-0.2, -0.15) is 0 Å². The molecule has 338 valence electrons. The molecular weight excluding hydrogens is 861 g/mol. The lowest BCUT2D eigenvalue weighted by molar-refractivity contribution is 1.14. The molecule has 12 rings (SSSR count). The SMILES string of the molecule is C=C/C=C(\C=C)c1cc(-c2nc(-c3ccccc3)cc(-c3ccccc3)n2)cc(-c2ccccc2)c1-n1c2ccc(-c3c(C)cc(C)cc3C)cc2c2ccc(-n3c4ccccc4c4ccccc43)cc21. The first-order valence-electron chi connectivity index (χ1n) is 24.2. The minimum atomic E-state index is 0.626. The third-order valence-electron chi connectivity index (χ3n) is 13.9. The standard InChI is InChI=1S/C67H50N4/c1-6-21-46(7-2)56-39-51(67-68-59(48-24-13-9-14-25-48)42-60(69-67)49-26-15-10-16-27-49)40-57(47-22-11-8-12-23-47)66(56)71-63-35-32-50(65-44(4)36-43(3)37-45(65)5)38-58(63)55-34-33-52(41-64(55)71)70-61-30-19-17-28-53(61)54-29-18-20-31-62(54)70/h6-42H,1-2H2,3-5H3/b46-21+. The monoisotopic (exact) mass is 910 g/mol. The zero-order valence-corrected chi connectivity index (χ0v) is 40.1. The van der Waals surface area contributed by atoms with Gasteiger partial charge in [-0.05, 0) is 109 Å². The minimum Gasteiger partial charge on any atom is -0.309 e. The summed E-state index contributed by atoms with van der Waals surface area (Å²) >= 11 is 0. The molecule has 0 radical (unpaired) electrons. The highest BCUT2D eigenvalue weighted by atomic mass is 15.0. The molecule has 9 aromatic carbocycles. The Kier molecular flexibility index (Phi) is 10.8. The fourth-order valence-corrected chi connectivity index (χ4v) is 10.9. The van der Waals surface area contributed by atoms with Gasteiger partial charge in [-0.25, -0.2) is 9.97 Å². The summed E-state index contributed by atoms with van der Waals surface area (Å²) in [7, 11) is 0. The van der Waals surface area contributed by atoms with Crippen molar-refractivity contribution in [1.82, 2.24) is 19.1 Å². The van der Waals surface area contributed by atoms with Gasteiger partial charge in [0.05, 0.1) is 39.1 Å². The van der Waals surface area contributed by atoms with Crippen molar-refractivity contribution in [2.45, 2.75) is 20.8 Å². The smallest absolute Gasteiger partial charge is 0.160 e. The zero-order valence-electron chi connectivity index (χ0n) is 40.1. The predicted octanol–water partition coefficient (Wildman–Crippen LogP) is 17.7. The summed E-state index contributed by atoms with van der Waals surface area (Å²) in [6.45, 7) is 15.3. The van der Waals surface area contributed by atoms with E-state index in [-0.39, 0.29) is 0 Å². The van der Waals surface area contributed by atoms with Crippen LogP contribution in [0.25, 0.3) is 117 Å². The quantitative estimate of drug-likeness (QED) is 0.128. The fourth-order valence-electron chi connectivity index (χ4n) is 10.9. The van der Waals surface area contributed by atoms with Crippen molar-refractivity contribution >= 4 is 49.2 Å². The van der Waals surface area contributed by atoms with Crippen molar-refractivity contribution in [1.29, 1.82) is 0 Å². The first-order chi connectivity index (χ1) is 34.9. The fraction of sp³-hybridized carbons (Fsp3) is 0.0448. The Labute approximate surface area is 414 Å². The molecule has 0 bridgehead atoms. The van der Waals surface area contributed by atoms with Crippen molar-refractivity contribution in [2.24, 2.45) is 0 Å². The lowest BCUT2D eigenvalue weighted by Crippen LogP contribution is -2.05. The number of nitrogens with zero attached hydrogens (tertiary/aromatic N) is 4. The maximum atomic E-state index is 5.36. The van der Waals surface area contributed by atoms with Gasteiger partial charge in [-0.1, -0.05) is 189 Å². The second-order valence-corrected chi connectivity index (χ2v) is 18.5. The molecule has 71 heavy (non-hydrogen) atoms. The van der Waals surface area contributed by atoms with Crippen LogP contribution in [0.15, 0.2) is 238 Å². The number of para-hydroxylation sites is 2. The minimum absolute atomic E-state index is 0.626. The highest BCUT2D eigenvalue weighted by Gasteiger charge is 2.25. The molecule has 0 amide bonds. The number of hydrogen-bond acceptors (Lipinski definition) is 2. The molecular formula is C67H50N4. The van der Waals surface area contributed by atoms with Crippen LogP contribution in [0.5, 0.6) is 0 Å². The molecule has 12 aromatic rings. The first-order valence-corrected chi connectivity index (χ1v) is 24.2. The van der Waals surface area contributed by atoms with Crippen LogP contribution in [0.4, 0.5) is 0 Å². The Hall–Kier alpha value is -9.12. The van der Waals surface area contributed by atoms with Crippen molar-refractivity contribution < 1.29 is 0 Å². The topological polar surface area (TPSA) is 35.6 Å². The van der Waals surface area contributed by atoms with Gasteiger partial charge in [0.2, 0.25) is 0 Å². The summed E-state index contributed by atoms with van der Waals surface area (Å²) < 4.78 is 4.89. The van der Waals surface area contributed by atoms with E-state index in [9.17, 15) is 0 Å². The van der Waals surface area contributed by atoms with Gasteiger partial charge < -0.3 is 9.13 Å². The van der Waals surface area contributed by atoms with Crippen LogP contribution in [-0.2, 0) is 0 Å². The van der Waals surface area contributed by atoms with Gasteiger partial charge in [-0.3, -0.25) is 0 Å². The molecule has 0 aliphatic rings. The van der Waals surface area contributed by atoms with Crippen molar-refractivity contribution in [2.75, 3.05) is 0 Å². The third kappa shape index (κ3) is 7.49. The average molecular weight is 911 g/mol. The number of allylic oxidation sites excluding steroid dienone is 4. The second-order valence-electron chi connectivity index (χ2n) is 18.5. The average Bonchev–Trinajstić information content (AvgIpc) is 3.92. The molecule has 0 saturated carbocycles. The van der Waals surface area contributed by atoms with E-state index in [1.54, 1.807) is 0 Å². The van der Waals surface area contributed by atoms with E-state index in [1.165, 1.54) is 44.0 Å². The van der Waals surface area contributed by atoms with Gasteiger partial charge in [-0.15, -0.1) is 0 Å². The maximum absolute atomic E-state index is 5.36. The lowest BCUT2D eigenvalue weighted by atomic mass is 9.91.